The molecule has 0 aliphatic heterocycles. The molecule has 0 bridgehead atoms. The largest absolute Gasteiger partial charge is 0.508 e. The van der Waals surface area contributed by atoms with Crippen molar-refractivity contribution in [2.75, 3.05) is 5.73 Å². The summed E-state index contributed by atoms with van der Waals surface area (Å²) in [6, 6.07) is 5.72. The van der Waals surface area contributed by atoms with Gasteiger partial charge >= 0.3 is 5.97 Å². The summed E-state index contributed by atoms with van der Waals surface area (Å²) in [7, 11) is 0. The first-order chi connectivity index (χ1) is 11.3. The van der Waals surface area contributed by atoms with E-state index in [-0.39, 0.29) is 22.0 Å². The summed E-state index contributed by atoms with van der Waals surface area (Å²) < 4.78 is 13.7. The third kappa shape index (κ3) is 4.01. The molecule has 0 amide bonds. The highest BCUT2D eigenvalue weighted by molar-refractivity contribution is 6.31. The molecule has 2 atom stereocenters. The Bertz CT molecular complexity index is 781. The van der Waals surface area contributed by atoms with Crippen molar-refractivity contribution < 1.29 is 19.4 Å². The van der Waals surface area contributed by atoms with Crippen molar-refractivity contribution in [3.05, 3.63) is 58.4 Å². The number of carboxylic acids is 1. The Hall–Kier alpha value is -2.64. The van der Waals surface area contributed by atoms with Crippen LogP contribution in [0.15, 0.2) is 41.4 Å². The van der Waals surface area contributed by atoms with Gasteiger partial charge in [-0.2, -0.15) is 0 Å². The molecule has 0 aliphatic rings. The molecular formula is C16H15ClFN3O3. The minimum Gasteiger partial charge on any atom is -0.508 e. The van der Waals surface area contributed by atoms with Crippen LogP contribution in [-0.4, -0.2) is 28.4 Å². The van der Waals surface area contributed by atoms with Crippen LogP contribution in [0.3, 0.4) is 0 Å². The van der Waals surface area contributed by atoms with Crippen molar-refractivity contribution in [1.82, 2.24) is 0 Å². The average Bonchev–Trinajstić information content (AvgIpc) is 2.53. The Morgan fingerprint density at radius 1 is 1.29 bits per heavy atom. The van der Waals surface area contributed by atoms with E-state index in [4.69, 9.17) is 28.2 Å². The smallest absolute Gasteiger partial charge is 0.323 e. The van der Waals surface area contributed by atoms with Gasteiger partial charge in [-0.3, -0.25) is 9.79 Å². The van der Waals surface area contributed by atoms with Crippen molar-refractivity contribution in [1.29, 1.82) is 0 Å². The molecule has 0 fully saturated rings. The zero-order valence-corrected chi connectivity index (χ0v) is 13.1. The highest BCUT2D eigenvalue weighted by atomic mass is 35.5. The number of phenolic OH excluding ortho intramolecular Hbond substituents is 1. The topological polar surface area (TPSA) is 122 Å². The lowest BCUT2D eigenvalue weighted by molar-refractivity contribution is -0.139. The standard InChI is InChI=1S/C16H15ClFN3O3/c17-11-6-13(19)10(5-12(11)18)15(14(20)16(23)24)21-7-8-1-3-9(22)4-2-8/h1-7,14-15,22H,19-20H2,(H,23,24). The maximum absolute atomic E-state index is 13.7. The number of benzene rings is 2. The molecule has 2 aromatic rings. The molecular weight excluding hydrogens is 337 g/mol. The monoisotopic (exact) mass is 351 g/mol. The molecule has 2 rings (SSSR count). The summed E-state index contributed by atoms with van der Waals surface area (Å²) in [5, 5.41) is 18.2. The summed E-state index contributed by atoms with van der Waals surface area (Å²) in [6.45, 7) is 0. The molecule has 6 N–H and O–H groups in total. The molecule has 8 heteroatoms. The van der Waals surface area contributed by atoms with Crippen LogP contribution in [0.4, 0.5) is 10.1 Å². The average molecular weight is 352 g/mol. The van der Waals surface area contributed by atoms with E-state index in [2.05, 4.69) is 4.99 Å². The number of nitrogens with zero attached hydrogens (tertiary/aromatic N) is 1. The van der Waals surface area contributed by atoms with Gasteiger partial charge in [0.25, 0.3) is 0 Å². The van der Waals surface area contributed by atoms with Gasteiger partial charge in [0.05, 0.1) is 5.02 Å². The van der Waals surface area contributed by atoms with Crippen LogP contribution in [0, 0.1) is 5.82 Å². The zero-order chi connectivity index (χ0) is 17.9. The minimum atomic E-state index is -1.43. The van der Waals surface area contributed by atoms with Crippen molar-refractivity contribution in [2.24, 2.45) is 10.7 Å². The quantitative estimate of drug-likeness (QED) is 0.486. The summed E-state index contributed by atoms with van der Waals surface area (Å²) in [5.74, 6) is -1.98. The Kier molecular flexibility index (Phi) is 5.38. The van der Waals surface area contributed by atoms with Crippen molar-refractivity contribution in [3.63, 3.8) is 0 Å². The molecule has 2 unspecified atom stereocenters. The second-order valence-corrected chi connectivity index (χ2v) is 5.48. The lowest BCUT2D eigenvalue weighted by Crippen LogP contribution is -2.36. The maximum atomic E-state index is 13.7. The zero-order valence-electron chi connectivity index (χ0n) is 12.4. The van der Waals surface area contributed by atoms with Crippen LogP contribution in [-0.2, 0) is 4.79 Å². The Morgan fingerprint density at radius 2 is 1.92 bits per heavy atom. The fraction of sp³-hybridized carbons (Fsp3) is 0.125. The number of carboxylic acid groups (broad SMARTS) is 1. The van der Waals surface area contributed by atoms with E-state index in [1.54, 1.807) is 12.1 Å². The number of hydrogen-bond donors (Lipinski definition) is 4. The fourth-order valence-electron chi connectivity index (χ4n) is 2.06. The van der Waals surface area contributed by atoms with E-state index >= 15 is 0 Å². The number of anilines is 1. The Labute approximate surface area is 142 Å². The summed E-state index contributed by atoms with van der Waals surface area (Å²) in [4.78, 5) is 15.4. The normalized spacial score (nSPS) is 13.8. The van der Waals surface area contributed by atoms with Crippen LogP contribution in [0.25, 0.3) is 0 Å². The van der Waals surface area contributed by atoms with E-state index < -0.39 is 23.9 Å². The van der Waals surface area contributed by atoms with Crippen molar-refractivity contribution in [2.45, 2.75) is 12.1 Å². The minimum absolute atomic E-state index is 0.0787. The van der Waals surface area contributed by atoms with Gasteiger partial charge in [0.2, 0.25) is 0 Å². The third-order valence-electron chi connectivity index (χ3n) is 3.35. The van der Waals surface area contributed by atoms with Gasteiger partial charge in [-0.25, -0.2) is 4.39 Å². The number of aromatic hydroxyl groups is 1. The van der Waals surface area contributed by atoms with Crippen molar-refractivity contribution in [3.8, 4) is 5.75 Å². The van der Waals surface area contributed by atoms with Gasteiger partial charge in [-0.15, -0.1) is 0 Å². The summed E-state index contributed by atoms with van der Waals surface area (Å²) in [5.41, 5.74) is 12.3. The molecule has 0 radical (unpaired) electrons. The van der Waals surface area contributed by atoms with Gasteiger partial charge in [-0.05, 0) is 42.0 Å². The molecule has 24 heavy (non-hydrogen) atoms. The summed E-state index contributed by atoms with van der Waals surface area (Å²) >= 11 is 5.66. The lowest BCUT2D eigenvalue weighted by atomic mass is 9.98. The molecule has 126 valence electrons. The molecule has 2 aromatic carbocycles. The molecule has 0 saturated carbocycles. The van der Waals surface area contributed by atoms with Crippen LogP contribution >= 0.6 is 11.6 Å². The van der Waals surface area contributed by atoms with Gasteiger partial charge in [0, 0.05) is 17.5 Å². The molecule has 0 aliphatic carbocycles. The second kappa shape index (κ2) is 7.29. The highest BCUT2D eigenvalue weighted by Gasteiger charge is 2.27. The number of nitrogens with two attached hydrogens (primary N) is 2. The maximum Gasteiger partial charge on any atom is 0.323 e. The number of rotatable bonds is 5. The molecule has 0 saturated heterocycles. The number of aliphatic carboxylic acids is 1. The molecule has 0 spiro atoms. The predicted molar refractivity (Wildman–Crippen MR) is 89.9 cm³/mol. The van der Waals surface area contributed by atoms with Crippen LogP contribution in [0.5, 0.6) is 5.75 Å². The van der Waals surface area contributed by atoms with E-state index in [9.17, 15) is 14.3 Å². The van der Waals surface area contributed by atoms with Crippen LogP contribution in [0.2, 0.25) is 5.02 Å². The lowest BCUT2D eigenvalue weighted by Gasteiger charge is -2.19. The number of hydrogen-bond acceptors (Lipinski definition) is 5. The Balaban J connectivity index is 2.44. The number of carbonyl (C=O) groups is 1. The third-order valence-corrected chi connectivity index (χ3v) is 3.64. The second-order valence-electron chi connectivity index (χ2n) is 5.07. The van der Waals surface area contributed by atoms with Crippen LogP contribution < -0.4 is 11.5 Å². The first-order valence-electron chi connectivity index (χ1n) is 6.84. The first-order valence-corrected chi connectivity index (χ1v) is 7.22. The van der Waals surface area contributed by atoms with Crippen LogP contribution in [0.1, 0.15) is 17.2 Å². The highest BCUT2D eigenvalue weighted by Crippen LogP contribution is 2.30. The summed E-state index contributed by atoms with van der Waals surface area (Å²) in [6.07, 6.45) is 1.37. The van der Waals surface area contributed by atoms with Gasteiger partial charge in [-0.1, -0.05) is 11.6 Å². The van der Waals surface area contributed by atoms with Gasteiger partial charge < -0.3 is 21.7 Å². The van der Waals surface area contributed by atoms with Gasteiger partial charge in [0.15, 0.2) is 0 Å². The van der Waals surface area contributed by atoms with Gasteiger partial charge in [0.1, 0.15) is 23.7 Å². The molecule has 0 aromatic heterocycles. The Morgan fingerprint density at radius 3 is 2.50 bits per heavy atom. The molecule has 0 heterocycles. The predicted octanol–water partition coefficient (Wildman–Crippen LogP) is 2.34. The number of halogens is 2. The number of phenols is 1. The SMILES string of the molecule is Nc1cc(Cl)c(F)cc1C(N=Cc1ccc(O)cc1)C(N)C(=O)O. The number of aliphatic imine (C=N–C) groups is 1. The first kappa shape index (κ1) is 17.7. The van der Waals surface area contributed by atoms with E-state index in [1.807, 2.05) is 0 Å². The van der Waals surface area contributed by atoms with E-state index in [1.165, 1.54) is 24.4 Å². The van der Waals surface area contributed by atoms with E-state index in [0.717, 1.165) is 6.07 Å². The van der Waals surface area contributed by atoms with Crippen molar-refractivity contribution >= 4 is 29.5 Å². The molecule has 6 nitrogen and oxygen atoms in total. The number of nitrogen functional groups attached to an aromatic ring is 1. The van der Waals surface area contributed by atoms with E-state index in [0.29, 0.717) is 5.56 Å². The fourth-order valence-corrected chi connectivity index (χ4v) is 2.23.